The Morgan fingerprint density at radius 2 is 1.86 bits per heavy atom. The number of hydrogen-bond acceptors (Lipinski definition) is 3. The highest BCUT2D eigenvalue weighted by molar-refractivity contribution is 6.36. The third-order valence-corrected chi connectivity index (χ3v) is 3.89. The van der Waals surface area contributed by atoms with E-state index in [1.165, 1.54) is 0 Å². The van der Waals surface area contributed by atoms with Crippen LogP contribution in [0.15, 0.2) is 41.5 Å². The summed E-state index contributed by atoms with van der Waals surface area (Å²) in [5.41, 5.74) is 3.48. The maximum Gasteiger partial charge on any atom is 0.254 e. The summed E-state index contributed by atoms with van der Waals surface area (Å²) in [6.45, 7) is 6.09. The summed E-state index contributed by atoms with van der Waals surface area (Å²) in [5, 5.41) is 6.74. The summed E-state index contributed by atoms with van der Waals surface area (Å²) in [4.78, 5) is 13.8. The summed E-state index contributed by atoms with van der Waals surface area (Å²) in [6.07, 6.45) is 1.65. The fourth-order valence-electron chi connectivity index (χ4n) is 2.26. The molecule has 0 aliphatic rings. The van der Waals surface area contributed by atoms with Gasteiger partial charge >= 0.3 is 0 Å². The number of likely N-dealkylation sites (N-methyl/N-ethyl adjacent to an activating group) is 1. The van der Waals surface area contributed by atoms with Gasteiger partial charge in [0.25, 0.3) is 5.91 Å². The average molecular weight is 318 g/mol. The molecular formula is C17H20ClN3O. The Bertz CT molecular complexity index is 681. The molecule has 0 spiro atoms. The van der Waals surface area contributed by atoms with Gasteiger partial charge in [0.15, 0.2) is 0 Å². The molecule has 4 nitrogen and oxygen atoms in total. The van der Waals surface area contributed by atoms with Crippen molar-refractivity contribution in [2.45, 2.75) is 13.8 Å². The fraction of sp³-hybridized carbons (Fsp3) is 0.294. The Hall–Kier alpha value is -1.91. The van der Waals surface area contributed by atoms with Crippen LogP contribution in [-0.4, -0.2) is 36.7 Å². The number of amides is 1. The lowest BCUT2D eigenvalue weighted by Gasteiger charge is -2.15. The van der Waals surface area contributed by atoms with E-state index in [1.807, 2.05) is 55.1 Å². The number of fused-ring (bicyclic) bond motifs is 1. The monoisotopic (exact) mass is 317 g/mol. The second-order valence-electron chi connectivity index (χ2n) is 4.94. The lowest BCUT2D eigenvalue weighted by atomic mass is 10.1. The van der Waals surface area contributed by atoms with Gasteiger partial charge in [-0.2, -0.15) is 5.10 Å². The molecule has 0 saturated heterocycles. The van der Waals surface area contributed by atoms with Gasteiger partial charge in [0.05, 0.1) is 12.8 Å². The SMILES string of the molecule is CCN(CC)CC(=O)N/N=C\c1ccc(Cl)c2ccccc12. The molecule has 0 saturated carbocycles. The largest absolute Gasteiger partial charge is 0.295 e. The number of hydrogen-bond donors (Lipinski definition) is 1. The summed E-state index contributed by atoms with van der Waals surface area (Å²) < 4.78 is 0. The first kappa shape index (κ1) is 16.5. The molecule has 0 bridgehead atoms. The van der Waals surface area contributed by atoms with Crippen LogP contribution in [0.3, 0.4) is 0 Å². The predicted molar refractivity (Wildman–Crippen MR) is 92.5 cm³/mol. The minimum atomic E-state index is -0.113. The van der Waals surface area contributed by atoms with E-state index >= 15 is 0 Å². The van der Waals surface area contributed by atoms with Crippen molar-refractivity contribution in [1.82, 2.24) is 10.3 Å². The zero-order valence-electron chi connectivity index (χ0n) is 12.8. The number of hydrazone groups is 1. The molecule has 0 atom stereocenters. The van der Waals surface area contributed by atoms with Gasteiger partial charge in [-0.3, -0.25) is 9.69 Å². The summed E-state index contributed by atoms with van der Waals surface area (Å²) in [5.74, 6) is -0.113. The minimum absolute atomic E-state index is 0.113. The van der Waals surface area contributed by atoms with E-state index in [9.17, 15) is 4.79 Å². The van der Waals surface area contributed by atoms with Crippen molar-refractivity contribution in [2.24, 2.45) is 5.10 Å². The van der Waals surface area contributed by atoms with Gasteiger partial charge in [0.2, 0.25) is 0 Å². The van der Waals surface area contributed by atoms with Gasteiger partial charge in [0, 0.05) is 16.0 Å². The highest BCUT2D eigenvalue weighted by atomic mass is 35.5. The van der Waals surface area contributed by atoms with Crippen molar-refractivity contribution in [3.8, 4) is 0 Å². The minimum Gasteiger partial charge on any atom is -0.295 e. The first-order valence-electron chi connectivity index (χ1n) is 7.37. The highest BCUT2D eigenvalue weighted by Crippen LogP contribution is 2.25. The van der Waals surface area contributed by atoms with Gasteiger partial charge in [-0.25, -0.2) is 5.43 Å². The smallest absolute Gasteiger partial charge is 0.254 e. The first-order chi connectivity index (χ1) is 10.7. The zero-order valence-corrected chi connectivity index (χ0v) is 13.6. The normalized spacial score (nSPS) is 11.5. The van der Waals surface area contributed by atoms with Crippen molar-refractivity contribution in [2.75, 3.05) is 19.6 Å². The number of carbonyl (C=O) groups excluding carboxylic acids is 1. The van der Waals surface area contributed by atoms with Crippen LogP contribution in [0, 0.1) is 0 Å². The van der Waals surface area contributed by atoms with Crippen LogP contribution in [0.5, 0.6) is 0 Å². The Balaban J connectivity index is 2.08. The molecule has 0 aromatic heterocycles. The summed E-state index contributed by atoms with van der Waals surface area (Å²) in [7, 11) is 0. The van der Waals surface area contributed by atoms with Crippen LogP contribution in [-0.2, 0) is 4.79 Å². The number of halogens is 1. The fourth-order valence-corrected chi connectivity index (χ4v) is 2.49. The molecule has 0 aliphatic heterocycles. The molecule has 0 unspecified atom stereocenters. The molecule has 0 fully saturated rings. The van der Waals surface area contributed by atoms with Crippen molar-refractivity contribution in [3.05, 3.63) is 47.0 Å². The second kappa shape index (κ2) is 7.92. The topological polar surface area (TPSA) is 44.7 Å². The summed E-state index contributed by atoms with van der Waals surface area (Å²) in [6, 6.07) is 11.6. The van der Waals surface area contributed by atoms with Crippen LogP contribution < -0.4 is 5.43 Å². The predicted octanol–water partition coefficient (Wildman–Crippen LogP) is 3.29. The second-order valence-corrected chi connectivity index (χ2v) is 5.34. The van der Waals surface area contributed by atoms with E-state index in [-0.39, 0.29) is 5.91 Å². The Morgan fingerprint density at radius 1 is 1.18 bits per heavy atom. The van der Waals surface area contributed by atoms with Crippen LogP contribution in [0.4, 0.5) is 0 Å². The number of rotatable bonds is 6. The molecule has 2 aromatic rings. The third-order valence-electron chi connectivity index (χ3n) is 3.56. The van der Waals surface area contributed by atoms with Gasteiger partial charge in [-0.15, -0.1) is 0 Å². The molecule has 1 amide bonds. The lowest BCUT2D eigenvalue weighted by Crippen LogP contribution is -2.35. The van der Waals surface area contributed by atoms with Crippen molar-refractivity contribution < 1.29 is 4.79 Å². The number of benzene rings is 2. The number of nitrogens with one attached hydrogen (secondary N) is 1. The Labute approximate surface area is 135 Å². The molecule has 2 aromatic carbocycles. The maximum absolute atomic E-state index is 11.8. The first-order valence-corrected chi connectivity index (χ1v) is 7.75. The quantitative estimate of drug-likeness (QED) is 0.656. The Morgan fingerprint density at radius 3 is 2.55 bits per heavy atom. The van der Waals surface area contributed by atoms with Crippen LogP contribution in [0.2, 0.25) is 5.02 Å². The molecular weight excluding hydrogens is 298 g/mol. The van der Waals surface area contributed by atoms with Crippen LogP contribution >= 0.6 is 11.6 Å². The third kappa shape index (κ3) is 4.06. The average Bonchev–Trinajstić information content (AvgIpc) is 2.55. The highest BCUT2D eigenvalue weighted by Gasteiger charge is 2.06. The number of nitrogens with zero attached hydrogens (tertiary/aromatic N) is 2. The molecule has 116 valence electrons. The van der Waals surface area contributed by atoms with E-state index in [1.54, 1.807) is 6.21 Å². The molecule has 1 N–H and O–H groups in total. The standard InChI is InChI=1S/C17H20ClN3O/c1-3-21(4-2)12-17(22)20-19-11-13-9-10-16(18)15-8-6-5-7-14(13)15/h5-11H,3-4,12H2,1-2H3,(H,20,22)/b19-11-. The van der Waals surface area contributed by atoms with Crippen LogP contribution in [0.1, 0.15) is 19.4 Å². The van der Waals surface area contributed by atoms with E-state index in [0.29, 0.717) is 11.6 Å². The van der Waals surface area contributed by atoms with E-state index in [2.05, 4.69) is 10.5 Å². The molecule has 0 heterocycles. The number of carbonyl (C=O) groups is 1. The lowest BCUT2D eigenvalue weighted by molar-refractivity contribution is -0.122. The van der Waals surface area contributed by atoms with Crippen LogP contribution in [0.25, 0.3) is 10.8 Å². The van der Waals surface area contributed by atoms with Gasteiger partial charge < -0.3 is 0 Å². The zero-order chi connectivity index (χ0) is 15.9. The van der Waals surface area contributed by atoms with Crippen molar-refractivity contribution in [3.63, 3.8) is 0 Å². The van der Waals surface area contributed by atoms with E-state index in [4.69, 9.17) is 11.6 Å². The van der Waals surface area contributed by atoms with Crippen molar-refractivity contribution >= 4 is 34.5 Å². The molecule has 5 heteroatoms. The maximum atomic E-state index is 11.8. The van der Waals surface area contributed by atoms with Crippen molar-refractivity contribution in [1.29, 1.82) is 0 Å². The van der Waals surface area contributed by atoms with Gasteiger partial charge in [-0.1, -0.05) is 55.8 Å². The Kier molecular flexibility index (Phi) is 5.92. The van der Waals surface area contributed by atoms with Gasteiger partial charge in [0.1, 0.15) is 0 Å². The van der Waals surface area contributed by atoms with E-state index < -0.39 is 0 Å². The van der Waals surface area contributed by atoms with E-state index in [0.717, 1.165) is 29.4 Å². The molecule has 22 heavy (non-hydrogen) atoms. The van der Waals surface area contributed by atoms with Gasteiger partial charge in [-0.05, 0) is 24.5 Å². The summed E-state index contributed by atoms with van der Waals surface area (Å²) >= 11 is 6.18. The molecule has 0 aliphatic carbocycles. The molecule has 0 radical (unpaired) electrons. The molecule has 2 rings (SSSR count).